The van der Waals surface area contributed by atoms with Gasteiger partial charge in [-0.2, -0.15) is 5.26 Å². The summed E-state index contributed by atoms with van der Waals surface area (Å²) in [6.45, 7) is 2.57. The number of ketones is 1. The molecule has 2 aromatic rings. The second-order valence-corrected chi connectivity index (χ2v) is 5.18. The van der Waals surface area contributed by atoms with E-state index < -0.39 is 0 Å². The van der Waals surface area contributed by atoms with Crippen molar-refractivity contribution in [3.8, 4) is 6.07 Å². The normalized spacial score (nSPS) is 12.9. The van der Waals surface area contributed by atoms with Gasteiger partial charge in [-0.3, -0.25) is 9.59 Å². The van der Waals surface area contributed by atoms with Crippen LogP contribution in [-0.2, 0) is 11.2 Å². The first kappa shape index (κ1) is 14.0. The molecular weight excluding hydrogens is 276 g/mol. The number of hydrogen-bond donors (Lipinski definition) is 0. The van der Waals surface area contributed by atoms with Crippen LogP contribution in [0, 0.1) is 11.3 Å². The molecule has 3 rings (SSSR count). The average molecular weight is 290 g/mol. The van der Waals surface area contributed by atoms with Crippen LogP contribution in [0.5, 0.6) is 0 Å². The summed E-state index contributed by atoms with van der Waals surface area (Å²) in [7, 11) is 0. The fourth-order valence-corrected chi connectivity index (χ4v) is 2.73. The first-order valence-corrected chi connectivity index (χ1v) is 7.12. The molecule has 0 aliphatic carbocycles. The Kier molecular flexibility index (Phi) is 3.48. The van der Waals surface area contributed by atoms with Gasteiger partial charge in [0.1, 0.15) is 0 Å². The first-order valence-electron chi connectivity index (χ1n) is 7.12. The monoisotopic (exact) mass is 290 g/mol. The van der Waals surface area contributed by atoms with Crippen LogP contribution in [0.15, 0.2) is 42.5 Å². The van der Waals surface area contributed by atoms with Crippen molar-refractivity contribution in [1.29, 1.82) is 5.26 Å². The third-order valence-electron chi connectivity index (χ3n) is 3.87. The van der Waals surface area contributed by atoms with Crippen molar-refractivity contribution in [2.45, 2.75) is 13.3 Å². The lowest BCUT2D eigenvalue weighted by Crippen LogP contribution is -2.25. The van der Waals surface area contributed by atoms with E-state index in [4.69, 9.17) is 5.26 Å². The van der Waals surface area contributed by atoms with E-state index in [1.807, 2.05) is 19.1 Å². The van der Waals surface area contributed by atoms with Gasteiger partial charge in [-0.1, -0.05) is 0 Å². The molecular formula is C18H14N2O2. The number of hydrogen-bond acceptors (Lipinski definition) is 3. The summed E-state index contributed by atoms with van der Waals surface area (Å²) in [5, 5.41) is 8.79. The van der Waals surface area contributed by atoms with Gasteiger partial charge in [0, 0.05) is 23.4 Å². The molecule has 0 aromatic heterocycles. The molecule has 1 aliphatic rings. The molecule has 0 N–H and O–H groups in total. The third-order valence-corrected chi connectivity index (χ3v) is 3.87. The zero-order valence-electron chi connectivity index (χ0n) is 12.2. The van der Waals surface area contributed by atoms with E-state index in [0.29, 0.717) is 29.7 Å². The predicted molar refractivity (Wildman–Crippen MR) is 82.8 cm³/mol. The number of benzene rings is 2. The standard InChI is InChI=1S/C18H14N2O2/c1-2-20-16-8-7-14(9-15(16)10-17(20)21)18(22)13-5-3-12(11-19)4-6-13/h3-9H,2,10H2,1H3. The van der Waals surface area contributed by atoms with Crippen LogP contribution in [0.2, 0.25) is 0 Å². The van der Waals surface area contributed by atoms with Gasteiger partial charge in [-0.05, 0) is 55.0 Å². The Morgan fingerprint density at radius 1 is 1.18 bits per heavy atom. The molecule has 22 heavy (non-hydrogen) atoms. The predicted octanol–water partition coefficient (Wildman–Crippen LogP) is 2.70. The number of fused-ring (bicyclic) bond motifs is 1. The largest absolute Gasteiger partial charge is 0.312 e. The molecule has 1 heterocycles. The highest BCUT2D eigenvalue weighted by Gasteiger charge is 2.26. The Morgan fingerprint density at radius 2 is 1.86 bits per heavy atom. The van der Waals surface area contributed by atoms with Crippen LogP contribution in [0.3, 0.4) is 0 Å². The zero-order chi connectivity index (χ0) is 15.7. The van der Waals surface area contributed by atoms with Crippen LogP contribution < -0.4 is 4.90 Å². The summed E-state index contributed by atoms with van der Waals surface area (Å²) < 4.78 is 0. The number of carbonyl (C=O) groups is 2. The molecule has 108 valence electrons. The molecule has 0 unspecified atom stereocenters. The number of amides is 1. The Labute approximate surface area is 128 Å². The molecule has 1 amide bonds. The SMILES string of the molecule is CCN1C(=O)Cc2cc(C(=O)c3ccc(C#N)cc3)ccc21. The van der Waals surface area contributed by atoms with Crippen molar-refractivity contribution in [2.24, 2.45) is 0 Å². The molecule has 1 aliphatic heterocycles. The van der Waals surface area contributed by atoms with Crippen molar-refractivity contribution in [2.75, 3.05) is 11.4 Å². The lowest BCUT2D eigenvalue weighted by atomic mass is 9.99. The maximum Gasteiger partial charge on any atom is 0.231 e. The molecule has 0 fully saturated rings. The van der Waals surface area contributed by atoms with Crippen LogP contribution >= 0.6 is 0 Å². The molecule has 0 spiro atoms. The van der Waals surface area contributed by atoms with Gasteiger partial charge in [0.25, 0.3) is 0 Å². The maximum atomic E-state index is 12.5. The fraction of sp³-hybridized carbons (Fsp3) is 0.167. The van der Waals surface area contributed by atoms with E-state index in [1.165, 1.54) is 0 Å². The van der Waals surface area contributed by atoms with E-state index >= 15 is 0 Å². The highest BCUT2D eigenvalue weighted by atomic mass is 16.2. The fourth-order valence-electron chi connectivity index (χ4n) is 2.73. The summed E-state index contributed by atoms with van der Waals surface area (Å²) in [6.07, 6.45) is 0.345. The van der Waals surface area contributed by atoms with E-state index in [0.717, 1.165) is 11.3 Å². The summed E-state index contributed by atoms with van der Waals surface area (Å²) in [4.78, 5) is 26.1. The Balaban J connectivity index is 1.93. The summed E-state index contributed by atoms with van der Waals surface area (Å²) in [6, 6.07) is 14.0. The Morgan fingerprint density at radius 3 is 2.50 bits per heavy atom. The Hall–Kier alpha value is -2.93. The highest BCUT2D eigenvalue weighted by Crippen LogP contribution is 2.30. The number of nitriles is 1. The third kappa shape index (κ3) is 2.27. The minimum absolute atomic E-state index is 0.0699. The van der Waals surface area contributed by atoms with Crippen molar-refractivity contribution in [1.82, 2.24) is 0 Å². The van der Waals surface area contributed by atoms with E-state index in [9.17, 15) is 9.59 Å². The van der Waals surface area contributed by atoms with Crippen LogP contribution in [0.4, 0.5) is 5.69 Å². The highest BCUT2D eigenvalue weighted by molar-refractivity contribution is 6.10. The van der Waals surface area contributed by atoms with Gasteiger partial charge >= 0.3 is 0 Å². The Bertz CT molecular complexity index is 801. The van der Waals surface area contributed by atoms with Crippen LogP contribution in [0.25, 0.3) is 0 Å². The van der Waals surface area contributed by atoms with Gasteiger partial charge in [0.15, 0.2) is 5.78 Å². The van der Waals surface area contributed by atoms with Gasteiger partial charge in [-0.25, -0.2) is 0 Å². The number of anilines is 1. The number of likely N-dealkylation sites (N-methyl/N-ethyl adjacent to an activating group) is 1. The summed E-state index contributed by atoms with van der Waals surface area (Å²) in [5.41, 5.74) is 3.41. The average Bonchev–Trinajstić information content (AvgIpc) is 2.88. The van der Waals surface area contributed by atoms with Crippen LogP contribution in [-0.4, -0.2) is 18.2 Å². The minimum atomic E-state index is -0.102. The second kappa shape index (κ2) is 5.45. The lowest BCUT2D eigenvalue weighted by Gasteiger charge is -2.14. The zero-order valence-corrected chi connectivity index (χ0v) is 12.2. The van der Waals surface area contributed by atoms with Crippen LogP contribution in [0.1, 0.15) is 34.0 Å². The number of nitrogens with zero attached hydrogens (tertiary/aromatic N) is 2. The van der Waals surface area contributed by atoms with Gasteiger partial charge < -0.3 is 4.90 Å². The topological polar surface area (TPSA) is 61.2 Å². The quantitative estimate of drug-likeness (QED) is 0.816. The first-order chi connectivity index (χ1) is 10.6. The molecule has 2 aromatic carbocycles. The van der Waals surface area contributed by atoms with Crippen molar-refractivity contribution < 1.29 is 9.59 Å². The maximum absolute atomic E-state index is 12.5. The van der Waals surface area contributed by atoms with Crippen molar-refractivity contribution in [3.63, 3.8) is 0 Å². The minimum Gasteiger partial charge on any atom is -0.312 e. The van der Waals surface area contributed by atoms with Gasteiger partial charge in [-0.15, -0.1) is 0 Å². The van der Waals surface area contributed by atoms with Crippen molar-refractivity contribution >= 4 is 17.4 Å². The summed E-state index contributed by atoms with van der Waals surface area (Å²) in [5.74, 6) is -0.0323. The molecule has 0 saturated carbocycles. The molecule has 4 nitrogen and oxygen atoms in total. The smallest absolute Gasteiger partial charge is 0.231 e. The van der Waals surface area contributed by atoms with E-state index in [2.05, 4.69) is 0 Å². The van der Waals surface area contributed by atoms with E-state index in [-0.39, 0.29) is 11.7 Å². The second-order valence-electron chi connectivity index (χ2n) is 5.18. The van der Waals surface area contributed by atoms with E-state index in [1.54, 1.807) is 41.3 Å². The van der Waals surface area contributed by atoms with Crippen molar-refractivity contribution in [3.05, 3.63) is 64.7 Å². The molecule has 4 heteroatoms. The van der Waals surface area contributed by atoms with Gasteiger partial charge in [0.2, 0.25) is 5.91 Å². The van der Waals surface area contributed by atoms with Gasteiger partial charge in [0.05, 0.1) is 18.1 Å². The lowest BCUT2D eigenvalue weighted by molar-refractivity contribution is -0.117. The molecule has 0 bridgehead atoms. The molecule has 0 radical (unpaired) electrons. The molecule has 0 atom stereocenters. The summed E-state index contributed by atoms with van der Waals surface area (Å²) >= 11 is 0. The number of carbonyl (C=O) groups excluding carboxylic acids is 2. The molecule has 0 saturated heterocycles. The number of rotatable bonds is 3.